The number of aliphatic hydroxyl groups excluding tert-OH is 2. The topological polar surface area (TPSA) is 217 Å². The SMILES string of the molecule is N[C@@H](Cc1ccc(O)cc1)C(=O)N[C@H](C(=O)O)C1O[C@@H](n2ccc(=O)[nH]c2=O)[C@H](O)[C@@H]1O. The Hall–Kier alpha value is -3.52. The van der Waals surface area contributed by atoms with Gasteiger partial charge in [0.25, 0.3) is 5.56 Å². The molecule has 6 atom stereocenters. The highest BCUT2D eigenvalue weighted by atomic mass is 16.6. The van der Waals surface area contributed by atoms with Crippen LogP contribution in [0.25, 0.3) is 0 Å². The summed E-state index contributed by atoms with van der Waals surface area (Å²) < 4.78 is 6.19. The Morgan fingerprint density at radius 2 is 1.81 bits per heavy atom. The third-order valence-electron chi connectivity index (χ3n) is 5.02. The van der Waals surface area contributed by atoms with Crippen molar-refractivity contribution in [3.8, 4) is 5.75 Å². The number of carboxylic acids is 1. The first kappa shape index (κ1) is 23.1. The Bertz CT molecular complexity index is 1100. The Balaban J connectivity index is 1.75. The number of aromatic amines is 1. The second-order valence-corrected chi connectivity index (χ2v) is 7.29. The molecule has 1 fully saturated rings. The number of aromatic hydroxyl groups is 1. The van der Waals surface area contributed by atoms with Crippen LogP contribution in [0.5, 0.6) is 5.75 Å². The summed E-state index contributed by atoms with van der Waals surface area (Å²) in [5.74, 6) is -2.40. The van der Waals surface area contributed by atoms with E-state index in [1.54, 1.807) is 12.1 Å². The molecule has 1 aliphatic heterocycles. The predicted molar refractivity (Wildman–Crippen MR) is 107 cm³/mol. The first-order chi connectivity index (χ1) is 15.1. The molecule has 172 valence electrons. The number of nitrogens with one attached hydrogen (secondary N) is 2. The van der Waals surface area contributed by atoms with Crippen molar-refractivity contribution >= 4 is 11.9 Å². The molecule has 0 saturated carbocycles. The van der Waals surface area contributed by atoms with Gasteiger partial charge >= 0.3 is 11.7 Å². The second-order valence-electron chi connectivity index (χ2n) is 7.29. The molecule has 3 rings (SSSR count). The number of hydrogen-bond donors (Lipinski definition) is 7. The van der Waals surface area contributed by atoms with E-state index in [-0.39, 0.29) is 12.2 Å². The molecule has 0 bridgehead atoms. The Kier molecular flexibility index (Phi) is 6.74. The summed E-state index contributed by atoms with van der Waals surface area (Å²) >= 11 is 0. The highest BCUT2D eigenvalue weighted by Crippen LogP contribution is 2.30. The van der Waals surface area contributed by atoms with E-state index in [4.69, 9.17) is 10.5 Å². The van der Waals surface area contributed by atoms with Crippen LogP contribution in [0.1, 0.15) is 11.8 Å². The van der Waals surface area contributed by atoms with Crippen molar-refractivity contribution in [1.29, 1.82) is 0 Å². The van der Waals surface area contributed by atoms with Gasteiger partial charge in [-0.25, -0.2) is 9.59 Å². The van der Waals surface area contributed by atoms with Gasteiger partial charge in [-0.1, -0.05) is 12.1 Å². The molecule has 0 radical (unpaired) electrons. The van der Waals surface area contributed by atoms with Gasteiger partial charge in [-0.15, -0.1) is 0 Å². The molecular weight excluding hydrogens is 428 g/mol. The number of carbonyl (C=O) groups excluding carboxylic acids is 1. The van der Waals surface area contributed by atoms with E-state index in [0.29, 0.717) is 5.56 Å². The summed E-state index contributed by atoms with van der Waals surface area (Å²) in [5.41, 5.74) is 4.82. The third-order valence-corrected chi connectivity index (χ3v) is 5.02. The van der Waals surface area contributed by atoms with Gasteiger partial charge in [-0.2, -0.15) is 0 Å². The molecule has 0 aliphatic carbocycles. The minimum atomic E-state index is -1.80. The molecule has 1 aromatic heterocycles. The summed E-state index contributed by atoms with van der Waals surface area (Å²) in [5, 5.41) is 41.7. The van der Waals surface area contributed by atoms with Crippen LogP contribution in [0, 0.1) is 0 Å². The standard InChI is InChI=1S/C19H22N4O9/c20-10(7-8-1-3-9(24)4-2-8)16(28)22-12(18(29)30)15-13(26)14(27)17(32-15)23-6-5-11(25)21-19(23)31/h1-6,10,12-15,17,24,26-27H,7,20H2,(H,22,28)(H,29,30)(H,21,25,31)/t10-,12-,13-,14+,15?,17+/m0/s1. The normalized spacial score (nSPS) is 24.6. The third kappa shape index (κ3) is 4.86. The number of phenolic OH excluding ortho intramolecular Hbond substituents is 1. The monoisotopic (exact) mass is 450 g/mol. The van der Waals surface area contributed by atoms with Gasteiger partial charge in [-0.3, -0.25) is 19.1 Å². The summed E-state index contributed by atoms with van der Waals surface area (Å²) in [6.07, 6.45) is -5.60. The second kappa shape index (κ2) is 9.32. The zero-order valence-corrected chi connectivity index (χ0v) is 16.5. The predicted octanol–water partition coefficient (Wildman–Crippen LogP) is -3.00. The lowest BCUT2D eigenvalue weighted by atomic mass is 10.0. The van der Waals surface area contributed by atoms with Crippen molar-refractivity contribution in [2.75, 3.05) is 0 Å². The van der Waals surface area contributed by atoms with E-state index in [1.807, 2.05) is 4.98 Å². The maximum absolute atomic E-state index is 12.5. The number of aliphatic hydroxyl groups is 2. The van der Waals surface area contributed by atoms with E-state index in [1.165, 1.54) is 12.1 Å². The average molecular weight is 450 g/mol. The van der Waals surface area contributed by atoms with Crippen molar-refractivity contribution < 1.29 is 34.8 Å². The Labute approximate surface area is 179 Å². The molecule has 2 heterocycles. The molecule has 1 amide bonds. The van der Waals surface area contributed by atoms with Crippen LogP contribution < -0.4 is 22.3 Å². The molecule has 13 heteroatoms. The highest BCUT2D eigenvalue weighted by Gasteiger charge is 2.50. The zero-order chi connectivity index (χ0) is 23.6. The van der Waals surface area contributed by atoms with Gasteiger partial charge in [0.1, 0.15) is 24.1 Å². The van der Waals surface area contributed by atoms with Crippen LogP contribution in [0.2, 0.25) is 0 Å². The Morgan fingerprint density at radius 3 is 2.41 bits per heavy atom. The molecular formula is C19H22N4O9. The number of amides is 1. The van der Waals surface area contributed by atoms with E-state index in [9.17, 15) is 39.6 Å². The quantitative estimate of drug-likeness (QED) is 0.227. The number of H-pyrrole nitrogens is 1. The number of aliphatic carboxylic acids is 1. The first-order valence-electron chi connectivity index (χ1n) is 9.48. The molecule has 32 heavy (non-hydrogen) atoms. The number of carboxylic acid groups (broad SMARTS) is 1. The summed E-state index contributed by atoms with van der Waals surface area (Å²) in [7, 11) is 0. The van der Waals surface area contributed by atoms with Crippen molar-refractivity contribution in [3.63, 3.8) is 0 Å². The number of aromatic nitrogens is 2. The molecule has 8 N–H and O–H groups in total. The fourth-order valence-electron chi connectivity index (χ4n) is 3.34. The van der Waals surface area contributed by atoms with E-state index >= 15 is 0 Å². The largest absolute Gasteiger partial charge is 0.508 e. The molecule has 1 saturated heterocycles. The number of rotatable bonds is 7. The van der Waals surface area contributed by atoms with Crippen LogP contribution in [-0.2, 0) is 20.7 Å². The highest BCUT2D eigenvalue weighted by molar-refractivity contribution is 5.87. The number of nitrogens with two attached hydrogens (primary N) is 1. The molecule has 1 aliphatic rings. The fraction of sp³-hybridized carbons (Fsp3) is 0.368. The van der Waals surface area contributed by atoms with Crippen molar-refractivity contribution in [2.24, 2.45) is 5.73 Å². The molecule has 2 aromatic rings. The van der Waals surface area contributed by atoms with Gasteiger partial charge in [0, 0.05) is 12.3 Å². The molecule has 1 aromatic carbocycles. The van der Waals surface area contributed by atoms with Crippen molar-refractivity contribution in [2.45, 2.75) is 43.0 Å². The van der Waals surface area contributed by atoms with Crippen LogP contribution >= 0.6 is 0 Å². The van der Waals surface area contributed by atoms with Gasteiger partial charge < -0.3 is 36.2 Å². The van der Waals surface area contributed by atoms with Gasteiger partial charge in [-0.05, 0) is 24.1 Å². The number of phenols is 1. The minimum Gasteiger partial charge on any atom is -0.508 e. The number of hydrogen-bond acceptors (Lipinski definition) is 9. The zero-order valence-electron chi connectivity index (χ0n) is 16.5. The van der Waals surface area contributed by atoms with Crippen molar-refractivity contribution in [1.82, 2.24) is 14.9 Å². The van der Waals surface area contributed by atoms with E-state index < -0.39 is 59.7 Å². The number of carbonyl (C=O) groups is 2. The first-order valence-corrected chi connectivity index (χ1v) is 9.48. The van der Waals surface area contributed by atoms with Gasteiger partial charge in [0.05, 0.1) is 6.04 Å². The van der Waals surface area contributed by atoms with Gasteiger partial charge in [0.15, 0.2) is 12.3 Å². The van der Waals surface area contributed by atoms with E-state index in [2.05, 4.69) is 5.32 Å². The lowest BCUT2D eigenvalue weighted by molar-refractivity contribution is -0.149. The summed E-state index contributed by atoms with van der Waals surface area (Å²) in [6, 6.07) is 3.92. The van der Waals surface area contributed by atoms with Crippen LogP contribution in [0.3, 0.4) is 0 Å². The fourth-order valence-corrected chi connectivity index (χ4v) is 3.34. The smallest absolute Gasteiger partial charge is 0.330 e. The van der Waals surface area contributed by atoms with Gasteiger partial charge in [0.2, 0.25) is 5.91 Å². The van der Waals surface area contributed by atoms with Crippen molar-refractivity contribution in [3.05, 3.63) is 62.9 Å². The summed E-state index contributed by atoms with van der Waals surface area (Å²) in [4.78, 5) is 49.4. The average Bonchev–Trinajstić information content (AvgIpc) is 3.02. The number of ether oxygens (including phenoxy) is 1. The van der Waals surface area contributed by atoms with Crippen LogP contribution in [0.4, 0.5) is 0 Å². The van der Waals surface area contributed by atoms with E-state index in [0.717, 1.165) is 16.8 Å². The van der Waals surface area contributed by atoms with Crippen LogP contribution in [0.15, 0.2) is 46.1 Å². The maximum Gasteiger partial charge on any atom is 0.330 e. The number of nitrogens with zero attached hydrogens (tertiary/aromatic N) is 1. The molecule has 1 unspecified atom stereocenters. The maximum atomic E-state index is 12.5. The molecule has 13 nitrogen and oxygen atoms in total. The summed E-state index contributed by atoms with van der Waals surface area (Å²) in [6.45, 7) is 0. The minimum absolute atomic E-state index is 0.0276. The number of benzene rings is 1. The molecule has 0 spiro atoms. The van der Waals surface area contributed by atoms with Crippen LogP contribution in [-0.4, -0.2) is 72.2 Å². The Morgan fingerprint density at radius 1 is 1.16 bits per heavy atom. The lowest BCUT2D eigenvalue weighted by Crippen LogP contribution is -2.56. The lowest BCUT2D eigenvalue weighted by Gasteiger charge is -2.24.